The second-order valence-corrected chi connectivity index (χ2v) is 5.91. The predicted octanol–water partition coefficient (Wildman–Crippen LogP) is 3.51. The molecule has 0 spiro atoms. The molecule has 6 heteroatoms. The molecule has 0 atom stereocenters. The van der Waals surface area contributed by atoms with Gasteiger partial charge < -0.3 is 5.32 Å². The zero-order valence-electron chi connectivity index (χ0n) is 13.3. The molecule has 0 unspecified atom stereocenters. The Kier molecular flexibility index (Phi) is 4.71. The normalized spacial score (nSPS) is 10.9. The standard InChI is InChI=1S/C18H18ClN3O2/c1-2-21-15-8-3-4-9-16(15)22(18(21)24)11-10-17(23)20-14-7-5-6-13(19)12-14/h3-9,12H,2,10-11H2,1H3,(H,20,23). The molecule has 0 aliphatic heterocycles. The van der Waals surface area contributed by atoms with Gasteiger partial charge in [-0.3, -0.25) is 13.9 Å². The van der Waals surface area contributed by atoms with Gasteiger partial charge in [0, 0.05) is 30.2 Å². The number of fused-ring (bicyclic) bond motifs is 1. The van der Waals surface area contributed by atoms with E-state index in [1.165, 1.54) is 0 Å². The number of nitrogens with one attached hydrogen (secondary N) is 1. The smallest absolute Gasteiger partial charge is 0.326 e. The molecule has 1 amide bonds. The number of hydrogen-bond acceptors (Lipinski definition) is 2. The van der Waals surface area contributed by atoms with Gasteiger partial charge in [0.15, 0.2) is 0 Å². The number of hydrogen-bond donors (Lipinski definition) is 1. The van der Waals surface area contributed by atoms with Crippen molar-refractivity contribution in [1.82, 2.24) is 9.13 Å². The van der Waals surface area contributed by atoms with Crippen molar-refractivity contribution in [1.29, 1.82) is 0 Å². The van der Waals surface area contributed by atoms with Crippen LogP contribution in [0.15, 0.2) is 53.3 Å². The molecule has 2 aromatic carbocycles. The van der Waals surface area contributed by atoms with Gasteiger partial charge in [-0.1, -0.05) is 29.8 Å². The molecule has 124 valence electrons. The van der Waals surface area contributed by atoms with Crippen molar-refractivity contribution in [3.8, 4) is 0 Å². The second kappa shape index (κ2) is 6.93. The summed E-state index contributed by atoms with van der Waals surface area (Å²) in [6, 6.07) is 14.6. The SMILES string of the molecule is CCn1c(=O)n(CCC(=O)Nc2cccc(Cl)c2)c2ccccc21. The largest absolute Gasteiger partial charge is 0.329 e. The molecule has 0 saturated heterocycles. The van der Waals surface area contributed by atoms with Crippen molar-refractivity contribution in [2.24, 2.45) is 0 Å². The first-order valence-corrected chi connectivity index (χ1v) is 8.21. The van der Waals surface area contributed by atoms with Crippen LogP contribution in [-0.2, 0) is 17.9 Å². The van der Waals surface area contributed by atoms with Gasteiger partial charge in [-0.05, 0) is 37.3 Å². The van der Waals surface area contributed by atoms with E-state index in [2.05, 4.69) is 5.32 Å². The third-order valence-corrected chi connectivity index (χ3v) is 4.15. The van der Waals surface area contributed by atoms with E-state index in [4.69, 9.17) is 11.6 Å². The van der Waals surface area contributed by atoms with Gasteiger partial charge in [0.25, 0.3) is 0 Å². The average molecular weight is 344 g/mol. The quantitative estimate of drug-likeness (QED) is 0.770. The summed E-state index contributed by atoms with van der Waals surface area (Å²) in [4.78, 5) is 24.7. The summed E-state index contributed by atoms with van der Waals surface area (Å²) in [6.07, 6.45) is 0.212. The Labute approximate surface area is 144 Å². The van der Waals surface area contributed by atoms with Crippen molar-refractivity contribution in [2.45, 2.75) is 26.4 Å². The van der Waals surface area contributed by atoms with Crippen LogP contribution < -0.4 is 11.0 Å². The number of amides is 1. The molecule has 1 heterocycles. The van der Waals surface area contributed by atoms with Crippen molar-refractivity contribution in [3.63, 3.8) is 0 Å². The van der Waals surface area contributed by atoms with Gasteiger partial charge in [0.1, 0.15) is 0 Å². The number of rotatable bonds is 5. The van der Waals surface area contributed by atoms with E-state index in [1.54, 1.807) is 33.4 Å². The van der Waals surface area contributed by atoms with Gasteiger partial charge >= 0.3 is 5.69 Å². The molecule has 3 rings (SSSR count). The van der Waals surface area contributed by atoms with Crippen LogP contribution in [0.4, 0.5) is 5.69 Å². The highest BCUT2D eigenvalue weighted by Crippen LogP contribution is 2.16. The number of para-hydroxylation sites is 2. The summed E-state index contributed by atoms with van der Waals surface area (Å²) < 4.78 is 3.36. The van der Waals surface area contributed by atoms with E-state index in [-0.39, 0.29) is 18.0 Å². The summed E-state index contributed by atoms with van der Waals surface area (Å²) in [5.41, 5.74) is 2.30. The summed E-state index contributed by atoms with van der Waals surface area (Å²) in [7, 11) is 0. The molecule has 0 aliphatic rings. The zero-order valence-corrected chi connectivity index (χ0v) is 14.1. The molecule has 1 N–H and O–H groups in total. The number of anilines is 1. The van der Waals surface area contributed by atoms with Crippen molar-refractivity contribution in [3.05, 3.63) is 64.0 Å². The number of nitrogens with zero attached hydrogens (tertiary/aromatic N) is 2. The van der Waals surface area contributed by atoms with E-state index in [0.717, 1.165) is 11.0 Å². The number of imidazole rings is 1. The van der Waals surface area contributed by atoms with Gasteiger partial charge in [0.2, 0.25) is 5.91 Å². The lowest BCUT2D eigenvalue weighted by molar-refractivity contribution is -0.116. The lowest BCUT2D eigenvalue weighted by Gasteiger charge is -2.06. The van der Waals surface area contributed by atoms with Crippen LogP contribution in [0.1, 0.15) is 13.3 Å². The van der Waals surface area contributed by atoms with Crippen LogP contribution in [0, 0.1) is 0 Å². The second-order valence-electron chi connectivity index (χ2n) is 5.48. The summed E-state index contributed by atoms with van der Waals surface area (Å²) in [5.74, 6) is -0.155. The summed E-state index contributed by atoms with van der Waals surface area (Å²) >= 11 is 5.91. The Hall–Kier alpha value is -2.53. The maximum atomic E-state index is 12.5. The number of carbonyl (C=O) groups excluding carboxylic acids is 1. The lowest BCUT2D eigenvalue weighted by atomic mass is 10.3. The minimum absolute atomic E-state index is 0.0887. The molecule has 0 aliphatic carbocycles. The number of aryl methyl sites for hydroxylation is 2. The summed E-state index contributed by atoms with van der Waals surface area (Å²) in [5, 5.41) is 3.36. The first-order valence-electron chi connectivity index (χ1n) is 7.83. The first-order chi connectivity index (χ1) is 11.6. The van der Waals surface area contributed by atoms with Gasteiger partial charge in [-0.15, -0.1) is 0 Å². The van der Waals surface area contributed by atoms with E-state index in [1.807, 2.05) is 31.2 Å². The maximum absolute atomic E-state index is 12.5. The Morgan fingerprint density at radius 3 is 2.46 bits per heavy atom. The van der Waals surface area contributed by atoms with Crippen LogP contribution in [0.5, 0.6) is 0 Å². The van der Waals surface area contributed by atoms with E-state index in [9.17, 15) is 9.59 Å². The fourth-order valence-electron chi connectivity index (χ4n) is 2.80. The molecule has 0 fully saturated rings. The average Bonchev–Trinajstić information content (AvgIpc) is 2.84. The fraction of sp³-hybridized carbons (Fsp3) is 0.222. The molecule has 0 bridgehead atoms. The highest BCUT2D eigenvalue weighted by molar-refractivity contribution is 6.30. The fourth-order valence-corrected chi connectivity index (χ4v) is 2.99. The summed E-state index contributed by atoms with van der Waals surface area (Å²) in [6.45, 7) is 2.86. The van der Waals surface area contributed by atoms with Crippen LogP contribution >= 0.6 is 11.6 Å². The number of halogens is 1. The van der Waals surface area contributed by atoms with Crippen molar-refractivity contribution < 1.29 is 4.79 Å². The minimum atomic E-state index is -0.155. The van der Waals surface area contributed by atoms with Gasteiger partial charge in [0.05, 0.1) is 11.0 Å². The Morgan fingerprint density at radius 1 is 1.08 bits per heavy atom. The monoisotopic (exact) mass is 343 g/mol. The van der Waals surface area contributed by atoms with Gasteiger partial charge in [-0.2, -0.15) is 0 Å². The predicted molar refractivity (Wildman–Crippen MR) is 96.6 cm³/mol. The number of benzene rings is 2. The first kappa shape index (κ1) is 16.3. The molecular weight excluding hydrogens is 326 g/mol. The molecule has 3 aromatic rings. The topological polar surface area (TPSA) is 56.0 Å². The highest BCUT2D eigenvalue weighted by atomic mass is 35.5. The number of aromatic nitrogens is 2. The van der Waals surface area contributed by atoms with Gasteiger partial charge in [-0.25, -0.2) is 4.79 Å². The Morgan fingerprint density at radius 2 is 1.79 bits per heavy atom. The minimum Gasteiger partial charge on any atom is -0.326 e. The zero-order chi connectivity index (χ0) is 17.1. The van der Waals surface area contributed by atoms with E-state index >= 15 is 0 Å². The van der Waals surface area contributed by atoms with Crippen molar-refractivity contribution >= 4 is 34.2 Å². The Balaban J connectivity index is 1.77. The third-order valence-electron chi connectivity index (χ3n) is 3.91. The molecule has 5 nitrogen and oxygen atoms in total. The number of carbonyl (C=O) groups is 1. The van der Waals surface area contributed by atoms with E-state index < -0.39 is 0 Å². The third kappa shape index (κ3) is 3.21. The molecule has 0 radical (unpaired) electrons. The van der Waals surface area contributed by atoms with Crippen LogP contribution in [0.2, 0.25) is 5.02 Å². The molecule has 1 aromatic heterocycles. The van der Waals surface area contributed by atoms with E-state index in [0.29, 0.717) is 23.8 Å². The molecule has 24 heavy (non-hydrogen) atoms. The van der Waals surface area contributed by atoms with Crippen LogP contribution in [0.25, 0.3) is 11.0 Å². The molecule has 0 saturated carbocycles. The van der Waals surface area contributed by atoms with Crippen LogP contribution in [0.3, 0.4) is 0 Å². The lowest BCUT2D eigenvalue weighted by Crippen LogP contribution is -2.25. The maximum Gasteiger partial charge on any atom is 0.329 e. The Bertz CT molecular complexity index is 943. The molecular formula is C18H18ClN3O2. The van der Waals surface area contributed by atoms with Crippen molar-refractivity contribution in [2.75, 3.05) is 5.32 Å². The van der Waals surface area contributed by atoms with Crippen LogP contribution in [-0.4, -0.2) is 15.0 Å². The highest BCUT2D eigenvalue weighted by Gasteiger charge is 2.12.